The number of nitrogens with two attached hydrogens (primary N) is 1. The molecule has 0 aromatic heterocycles. The van der Waals surface area contributed by atoms with E-state index in [0.717, 1.165) is 12.8 Å². The van der Waals surface area contributed by atoms with Gasteiger partial charge in [-0.05, 0) is 25.3 Å². The van der Waals surface area contributed by atoms with Gasteiger partial charge >= 0.3 is 0 Å². The molecule has 3 N–H and O–H groups in total. The Morgan fingerprint density at radius 3 is 2.59 bits per heavy atom. The van der Waals surface area contributed by atoms with Crippen molar-refractivity contribution in [2.24, 2.45) is 11.7 Å². The quantitative estimate of drug-likeness (QED) is 0.589. The van der Waals surface area contributed by atoms with Crippen molar-refractivity contribution in [2.45, 2.75) is 32.3 Å². The van der Waals surface area contributed by atoms with E-state index in [1.807, 2.05) is 0 Å². The first-order valence-electron chi connectivity index (χ1n) is 6.12. The summed E-state index contributed by atoms with van der Waals surface area (Å²) in [5.74, 6) is 0.565. The van der Waals surface area contributed by atoms with Gasteiger partial charge in [0, 0.05) is 27.2 Å². The van der Waals surface area contributed by atoms with Gasteiger partial charge in [0.15, 0.2) is 0 Å². The summed E-state index contributed by atoms with van der Waals surface area (Å²) in [5.41, 5.74) is 5.45. The first-order valence-corrected chi connectivity index (χ1v) is 6.12. The third kappa shape index (κ3) is 9.09. The van der Waals surface area contributed by atoms with Crippen LogP contribution in [-0.2, 0) is 14.3 Å². The molecule has 0 spiro atoms. The Bertz CT molecular complexity index is 200. The Balaban J connectivity index is 3.64. The van der Waals surface area contributed by atoms with Crippen LogP contribution in [0.2, 0.25) is 0 Å². The van der Waals surface area contributed by atoms with E-state index >= 15 is 0 Å². The van der Waals surface area contributed by atoms with Crippen LogP contribution in [0.4, 0.5) is 0 Å². The lowest BCUT2D eigenvalue weighted by atomic mass is 10.0. The van der Waals surface area contributed by atoms with Gasteiger partial charge in [-0.25, -0.2) is 0 Å². The fraction of sp³-hybridized carbons (Fsp3) is 0.917. The summed E-state index contributed by atoms with van der Waals surface area (Å²) in [5, 5.41) is 2.84. The number of nitrogens with one attached hydrogen (secondary N) is 1. The van der Waals surface area contributed by atoms with Crippen LogP contribution in [0.15, 0.2) is 0 Å². The second kappa shape index (κ2) is 10.5. The maximum atomic E-state index is 11.5. The lowest BCUT2D eigenvalue weighted by Crippen LogP contribution is -2.35. The summed E-state index contributed by atoms with van der Waals surface area (Å²) in [6.45, 7) is 3.78. The monoisotopic (exact) mass is 246 g/mol. The predicted octanol–water partition coefficient (Wildman–Crippen LogP) is 0.529. The number of carbonyl (C=O) groups is 1. The van der Waals surface area contributed by atoms with E-state index in [-0.39, 0.29) is 12.0 Å². The van der Waals surface area contributed by atoms with Crippen molar-refractivity contribution in [2.75, 3.05) is 33.9 Å². The molecule has 5 heteroatoms. The number of ether oxygens (including phenoxy) is 2. The van der Waals surface area contributed by atoms with Crippen LogP contribution in [0.1, 0.15) is 26.2 Å². The predicted molar refractivity (Wildman–Crippen MR) is 67.8 cm³/mol. The van der Waals surface area contributed by atoms with Gasteiger partial charge in [-0.1, -0.05) is 6.92 Å². The average Bonchev–Trinajstić information content (AvgIpc) is 2.32. The Hall–Kier alpha value is -0.650. The van der Waals surface area contributed by atoms with Crippen LogP contribution in [0.25, 0.3) is 0 Å². The normalized spacial score (nSPS) is 14.4. The molecule has 0 aliphatic heterocycles. The molecule has 0 aromatic carbocycles. The van der Waals surface area contributed by atoms with Gasteiger partial charge < -0.3 is 20.5 Å². The number of methoxy groups -OCH3 is 2. The SMILES string of the molecule is COCC(CNC(=O)CCC(C)CCN)OC. The summed E-state index contributed by atoms with van der Waals surface area (Å²) in [7, 11) is 3.22. The van der Waals surface area contributed by atoms with Crippen LogP contribution in [-0.4, -0.2) is 45.9 Å². The van der Waals surface area contributed by atoms with Crippen LogP contribution in [0.5, 0.6) is 0 Å². The minimum absolute atomic E-state index is 0.0621. The molecule has 0 saturated heterocycles. The third-order valence-corrected chi connectivity index (χ3v) is 2.74. The fourth-order valence-corrected chi connectivity index (χ4v) is 1.52. The molecule has 0 aromatic rings. The molecule has 2 atom stereocenters. The minimum atomic E-state index is -0.0783. The van der Waals surface area contributed by atoms with Gasteiger partial charge in [-0.3, -0.25) is 4.79 Å². The Morgan fingerprint density at radius 2 is 2.06 bits per heavy atom. The lowest BCUT2D eigenvalue weighted by molar-refractivity contribution is -0.122. The molecule has 5 nitrogen and oxygen atoms in total. The molecule has 0 aliphatic rings. The standard InChI is InChI=1S/C12H26N2O3/c1-10(6-7-13)4-5-12(15)14-8-11(17-3)9-16-2/h10-11H,4-9,13H2,1-3H3,(H,14,15). The van der Waals surface area contributed by atoms with Crippen molar-refractivity contribution in [3.8, 4) is 0 Å². The second-order valence-electron chi connectivity index (χ2n) is 4.34. The lowest BCUT2D eigenvalue weighted by Gasteiger charge is -2.15. The first kappa shape index (κ1) is 16.4. The molecule has 1 amide bonds. The number of carbonyl (C=O) groups excluding carboxylic acids is 1. The van der Waals surface area contributed by atoms with Crippen molar-refractivity contribution in [3.63, 3.8) is 0 Å². The maximum absolute atomic E-state index is 11.5. The van der Waals surface area contributed by atoms with Crippen LogP contribution >= 0.6 is 0 Å². The fourth-order valence-electron chi connectivity index (χ4n) is 1.52. The highest BCUT2D eigenvalue weighted by Gasteiger charge is 2.10. The van der Waals surface area contributed by atoms with Gasteiger partial charge in [-0.2, -0.15) is 0 Å². The zero-order valence-electron chi connectivity index (χ0n) is 11.2. The van der Waals surface area contributed by atoms with Crippen molar-refractivity contribution < 1.29 is 14.3 Å². The van der Waals surface area contributed by atoms with E-state index in [2.05, 4.69) is 12.2 Å². The topological polar surface area (TPSA) is 73.6 Å². The Labute approximate surface area is 104 Å². The molecule has 0 aliphatic carbocycles. The van der Waals surface area contributed by atoms with Crippen molar-refractivity contribution in [1.29, 1.82) is 0 Å². The summed E-state index contributed by atoms with van der Waals surface area (Å²) in [6, 6.07) is 0. The molecule has 2 unspecified atom stereocenters. The maximum Gasteiger partial charge on any atom is 0.220 e. The van der Waals surface area contributed by atoms with Gasteiger partial charge in [0.25, 0.3) is 0 Å². The molecular formula is C12H26N2O3. The molecule has 0 fully saturated rings. The largest absolute Gasteiger partial charge is 0.382 e. The van der Waals surface area contributed by atoms with E-state index in [9.17, 15) is 4.79 Å². The van der Waals surface area contributed by atoms with E-state index in [0.29, 0.717) is 32.0 Å². The first-order chi connectivity index (χ1) is 8.13. The van der Waals surface area contributed by atoms with Gasteiger partial charge in [0.05, 0.1) is 12.7 Å². The van der Waals surface area contributed by atoms with E-state index < -0.39 is 0 Å². The van der Waals surface area contributed by atoms with Gasteiger partial charge in [0.2, 0.25) is 5.91 Å². The molecule has 0 rings (SSSR count). The summed E-state index contributed by atoms with van der Waals surface area (Å²) in [6.07, 6.45) is 2.32. The highest BCUT2D eigenvalue weighted by Crippen LogP contribution is 2.08. The van der Waals surface area contributed by atoms with E-state index in [1.165, 1.54) is 0 Å². The Kier molecular flexibility index (Phi) is 10.1. The number of amides is 1. The van der Waals surface area contributed by atoms with Crippen LogP contribution < -0.4 is 11.1 Å². The average molecular weight is 246 g/mol. The molecule has 0 bridgehead atoms. The summed E-state index contributed by atoms with van der Waals surface area (Å²) >= 11 is 0. The summed E-state index contributed by atoms with van der Waals surface area (Å²) < 4.78 is 10.1. The van der Waals surface area contributed by atoms with Crippen molar-refractivity contribution in [3.05, 3.63) is 0 Å². The molecule has 0 saturated carbocycles. The van der Waals surface area contributed by atoms with Gasteiger partial charge in [-0.15, -0.1) is 0 Å². The number of hydrogen-bond donors (Lipinski definition) is 2. The number of rotatable bonds is 10. The highest BCUT2D eigenvalue weighted by molar-refractivity contribution is 5.75. The molecule has 0 radical (unpaired) electrons. The Morgan fingerprint density at radius 1 is 1.35 bits per heavy atom. The summed E-state index contributed by atoms with van der Waals surface area (Å²) in [4.78, 5) is 11.5. The third-order valence-electron chi connectivity index (χ3n) is 2.74. The molecule has 17 heavy (non-hydrogen) atoms. The van der Waals surface area contributed by atoms with Crippen LogP contribution in [0.3, 0.4) is 0 Å². The van der Waals surface area contributed by atoms with E-state index in [1.54, 1.807) is 14.2 Å². The highest BCUT2D eigenvalue weighted by atomic mass is 16.5. The molecule has 102 valence electrons. The van der Waals surface area contributed by atoms with Gasteiger partial charge in [0.1, 0.15) is 0 Å². The molecular weight excluding hydrogens is 220 g/mol. The molecule has 0 heterocycles. The van der Waals surface area contributed by atoms with Crippen molar-refractivity contribution >= 4 is 5.91 Å². The van der Waals surface area contributed by atoms with Crippen LogP contribution in [0, 0.1) is 5.92 Å². The zero-order chi connectivity index (χ0) is 13.1. The van der Waals surface area contributed by atoms with Crippen molar-refractivity contribution in [1.82, 2.24) is 5.32 Å². The zero-order valence-corrected chi connectivity index (χ0v) is 11.2. The second-order valence-corrected chi connectivity index (χ2v) is 4.34. The number of hydrogen-bond acceptors (Lipinski definition) is 4. The smallest absolute Gasteiger partial charge is 0.220 e. The minimum Gasteiger partial charge on any atom is -0.382 e. The van der Waals surface area contributed by atoms with E-state index in [4.69, 9.17) is 15.2 Å².